The second kappa shape index (κ2) is 11.9. The molecule has 4 aromatic rings. The number of H-pyrrole nitrogens is 1. The molecule has 6 atom stereocenters. The topological polar surface area (TPSA) is 163 Å². The summed E-state index contributed by atoms with van der Waals surface area (Å²) in [6, 6.07) is 12.6. The summed E-state index contributed by atoms with van der Waals surface area (Å²) in [4.78, 5) is 38.5. The molecule has 0 saturated carbocycles. The van der Waals surface area contributed by atoms with E-state index in [2.05, 4.69) is 5.09 Å². The molecule has 0 radical (unpaired) electrons. The van der Waals surface area contributed by atoms with Gasteiger partial charge in [0.25, 0.3) is 5.56 Å². The number of para-hydroxylation sites is 1. The highest BCUT2D eigenvalue weighted by Gasteiger charge is 2.56. The number of carbonyl (C=O) groups is 1. The minimum atomic E-state index is -4.49. The lowest BCUT2D eigenvalue weighted by molar-refractivity contribution is -0.149. The van der Waals surface area contributed by atoms with Crippen molar-refractivity contribution in [1.82, 2.24) is 19.2 Å². The van der Waals surface area contributed by atoms with E-state index in [0.29, 0.717) is 5.39 Å². The second-order valence-corrected chi connectivity index (χ2v) is 12.8. The summed E-state index contributed by atoms with van der Waals surface area (Å²) in [6.07, 6.45) is -4.33. The molecule has 236 valence electrons. The number of aliphatic hydroxyl groups excluding tert-OH is 1. The van der Waals surface area contributed by atoms with Crippen LogP contribution >= 0.6 is 7.75 Å². The average molecular weight is 633 g/mol. The number of nitrogens with zero attached hydrogens (tertiary/aromatic N) is 2. The van der Waals surface area contributed by atoms with Gasteiger partial charge in [-0.2, -0.15) is 5.09 Å². The Bertz CT molecular complexity index is 1870. The van der Waals surface area contributed by atoms with Crippen molar-refractivity contribution in [2.45, 2.75) is 63.9 Å². The minimum absolute atomic E-state index is 0.181. The standard InChI is InChI=1S/C29H34FN4O9P/c1-16(2)41-26(37)17(3)32-44(39,43-21-12-8-11-20-24(21)18-9-6-7-10-19(18)33(20)5)40-15-22-25(36)29(4,30)27(42-22)34-14-13-23(35)31-28(34)38/h6-14,16-17,22,25,27,36H,15H2,1-5H3,(H,32,39)(H,31,35,38). The van der Waals surface area contributed by atoms with Crippen molar-refractivity contribution < 1.29 is 37.4 Å². The summed E-state index contributed by atoms with van der Waals surface area (Å²) >= 11 is 0. The highest BCUT2D eigenvalue weighted by molar-refractivity contribution is 7.52. The monoisotopic (exact) mass is 632 g/mol. The molecule has 2 aromatic heterocycles. The van der Waals surface area contributed by atoms with Gasteiger partial charge in [-0.15, -0.1) is 0 Å². The van der Waals surface area contributed by atoms with Crippen molar-refractivity contribution in [1.29, 1.82) is 0 Å². The predicted octanol–water partition coefficient (Wildman–Crippen LogP) is 3.30. The van der Waals surface area contributed by atoms with Crippen molar-refractivity contribution in [2.75, 3.05) is 6.61 Å². The number of aryl methyl sites for hydroxylation is 1. The Hall–Kier alpha value is -3.81. The predicted molar refractivity (Wildman–Crippen MR) is 159 cm³/mol. The lowest BCUT2D eigenvalue weighted by Gasteiger charge is -2.25. The number of hydrogen-bond donors (Lipinski definition) is 3. The summed E-state index contributed by atoms with van der Waals surface area (Å²) < 4.78 is 55.5. The minimum Gasteiger partial charge on any atom is -0.462 e. The van der Waals surface area contributed by atoms with E-state index in [1.807, 2.05) is 46.9 Å². The fourth-order valence-corrected chi connectivity index (χ4v) is 6.74. The Kier molecular flexibility index (Phi) is 8.58. The second-order valence-electron chi connectivity index (χ2n) is 11.1. The number of carbonyl (C=O) groups excluding carboxylic acids is 1. The summed E-state index contributed by atoms with van der Waals surface area (Å²) in [5.74, 6) is -0.540. The Morgan fingerprint density at radius 3 is 2.57 bits per heavy atom. The Morgan fingerprint density at radius 1 is 1.16 bits per heavy atom. The SMILES string of the molecule is CC(C)OC(=O)C(C)NP(=O)(OCC1OC(n2ccc(=O)[nH]c2=O)C(C)(F)C1O)Oc1cccc2c1c1ccccc1n2C. The van der Waals surface area contributed by atoms with Crippen LogP contribution in [0.25, 0.3) is 21.8 Å². The van der Waals surface area contributed by atoms with Crippen LogP contribution < -0.4 is 20.9 Å². The lowest BCUT2D eigenvalue weighted by atomic mass is 9.98. The molecule has 1 aliphatic heterocycles. The summed E-state index contributed by atoms with van der Waals surface area (Å²) in [5, 5.41) is 14.9. The summed E-state index contributed by atoms with van der Waals surface area (Å²) in [7, 11) is -2.61. The zero-order valence-corrected chi connectivity index (χ0v) is 25.6. The maximum atomic E-state index is 15.8. The first-order valence-corrected chi connectivity index (χ1v) is 15.5. The number of ether oxygens (including phenoxy) is 2. The van der Waals surface area contributed by atoms with Gasteiger partial charge < -0.3 is 23.7 Å². The average Bonchev–Trinajstić information content (AvgIpc) is 3.37. The molecule has 15 heteroatoms. The zero-order valence-electron chi connectivity index (χ0n) is 24.7. The molecular formula is C29H34FN4O9P. The van der Waals surface area contributed by atoms with E-state index >= 15 is 4.39 Å². The van der Waals surface area contributed by atoms with Crippen molar-refractivity contribution in [3.8, 4) is 5.75 Å². The fourth-order valence-electron chi connectivity index (χ4n) is 5.23. The van der Waals surface area contributed by atoms with Crippen LogP contribution in [0.15, 0.2) is 64.3 Å². The molecule has 5 rings (SSSR count). The van der Waals surface area contributed by atoms with Gasteiger partial charge in [-0.25, -0.2) is 13.8 Å². The maximum Gasteiger partial charge on any atom is 0.459 e. The van der Waals surface area contributed by atoms with Gasteiger partial charge in [0, 0.05) is 30.2 Å². The molecule has 13 nitrogen and oxygen atoms in total. The molecule has 1 fully saturated rings. The smallest absolute Gasteiger partial charge is 0.459 e. The number of aromatic nitrogens is 3. The molecule has 0 aliphatic carbocycles. The highest BCUT2D eigenvalue weighted by Crippen LogP contribution is 2.50. The number of esters is 1. The number of rotatable bonds is 10. The molecular weight excluding hydrogens is 598 g/mol. The number of aromatic amines is 1. The Morgan fingerprint density at radius 2 is 1.86 bits per heavy atom. The number of aliphatic hydroxyl groups is 1. The number of hydrogen-bond acceptors (Lipinski definition) is 9. The number of alkyl halides is 1. The molecule has 0 bridgehead atoms. The molecule has 0 amide bonds. The van der Waals surface area contributed by atoms with Gasteiger partial charge in [-0.1, -0.05) is 24.3 Å². The number of nitrogens with one attached hydrogen (secondary N) is 2. The van der Waals surface area contributed by atoms with Crippen molar-refractivity contribution in [2.24, 2.45) is 7.05 Å². The third kappa shape index (κ3) is 5.95. The van der Waals surface area contributed by atoms with E-state index in [-0.39, 0.29) is 5.75 Å². The lowest BCUT2D eigenvalue weighted by Crippen LogP contribution is -2.43. The van der Waals surface area contributed by atoms with E-state index in [0.717, 1.165) is 40.2 Å². The largest absolute Gasteiger partial charge is 0.462 e. The van der Waals surface area contributed by atoms with Gasteiger partial charge in [-0.3, -0.25) is 23.7 Å². The van der Waals surface area contributed by atoms with Crippen LogP contribution in [-0.2, 0) is 30.4 Å². The van der Waals surface area contributed by atoms with Crippen LogP contribution in [-0.4, -0.2) is 61.8 Å². The third-order valence-corrected chi connectivity index (χ3v) is 9.04. The fraction of sp³-hybridized carbons (Fsp3) is 0.414. The molecule has 3 N–H and O–H groups in total. The van der Waals surface area contributed by atoms with E-state index in [4.69, 9.17) is 18.5 Å². The van der Waals surface area contributed by atoms with Gasteiger partial charge >= 0.3 is 19.4 Å². The van der Waals surface area contributed by atoms with Crippen LogP contribution in [0.3, 0.4) is 0 Å². The van der Waals surface area contributed by atoms with Gasteiger partial charge in [-0.05, 0) is 45.9 Å². The molecule has 44 heavy (non-hydrogen) atoms. The van der Waals surface area contributed by atoms with Crippen molar-refractivity contribution in [3.63, 3.8) is 0 Å². The molecule has 6 unspecified atom stereocenters. The summed E-state index contributed by atoms with van der Waals surface area (Å²) in [5.41, 5.74) is -2.49. The van der Waals surface area contributed by atoms with Crippen molar-refractivity contribution in [3.05, 3.63) is 75.6 Å². The number of halogens is 1. The van der Waals surface area contributed by atoms with Gasteiger partial charge in [0.2, 0.25) is 0 Å². The number of fused-ring (bicyclic) bond motifs is 3. The molecule has 3 heterocycles. The van der Waals surface area contributed by atoms with Crippen LogP contribution in [0.5, 0.6) is 5.75 Å². The normalized spacial score (nSPS) is 24.0. The third-order valence-electron chi connectivity index (χ3n) is 7.41. The van der Waals surface area contributed by atoms with E-state index < -0.39 is 67.8 Å². The van der Waals surface area contributed by atoms with Crippen LogP contribution in [0.1, 0.15) is 33.9 Å². The van der Waals surface area contributed by atoms with Crippen LogP contribution in [0.4, 0.5) is 4.39 Å². The zero-order chi connectivity index (χ0) is 32.0. The maximum absolute atomic E-state index is 15.8. The first-order valence-electron chi connectivity index (χ1n) is 13.9. The molecule has 2 aromatic carbocycles. The quantitative estimate of drug-likeness (QED) is 0.175. The first kappa shape index (κ1) is 31.6. The van der Waals surface area contributed by atoms with Gasteiger partial charge in [0.05, 0.1) is 23.6 Å². The van der Waals surface area contributed by atoms with E-state index in [1.165, 1.54) is 6.92 Å². The summed E-state index contributed by atoms with van der Waals surface area (Å²) in [6.45, 7) is 5.10. The first-order chi connectivity index (χ1) is 20.7. The molecule has 0 spiro atoms. The molecule has 1 aliphatic rings. The van der Waals surface area contributed by atoms with Gasteiger partial charge in [0.15, 0.2) is 11.9 Å². The highest BCUT2D eigenvalue weighted by atomic mass is 31.2. The number of benzene rings is 2. The van der Waals surface area contributed by atoms with Crippen LogP contribution in [0, 0.1) is 0 Å². The van der Waals surface area contributed by atoms with E-state index in [9.17, 15) is 24.1 Å². The molecule has 1 saturated heterocycles. The Balaban J connectivity index is 1.47. The van der Waals surface area contributed by atoms with Crippen LogP contribution in [0.2, 0.25) is 0 Å². The van der Waals surface area contributed by atoms with Crippen molar-refractivity contribution >= 4 is 35.5 Å². The van der Waals surface area contributed by atoms with Gasteiger partial charge in [0.1, 0.15) is 24.0 Å². The van der Waals surface area contributed by atoms with E-state index in [1.54, 1.807) is 26.0 Å². The Labute approximate surface area is 251 Å².